The average molecular weight is 334 g/mol. The first-order valence-corrected chi connectivity index (χ1v) is 8.65. The smallest absolute Gasteiger partial charge is 0.410 e. The molecule has 2 rings (SSSR count). The van der Waals surface area contributed by atoms with E-state index >= 15 is 0 Å². The zero-order chi connectivity index (χ0) is 16.0. The second-order valence-electron chi connectivity index (χ2n) is 4.34. The van der Waals surface area contributed by atoms with E-state index in [0.29, 0.717) is 10.6 Å². The van der Waals surface area contributed by atoms with Crippen molar-refractivity contribution >= 4 is 33.2 Å². The third kappa shape index (κ3) is 4.64. The van der Waals surface area contributed by atoms with E-state index in [2.05, 4.69) is 9.68 Å². The van der Waals surface area contributed by atoms with Gasteiger partial charge in [-0.05, 0) is 36.5 Å². The van der Waals surface area contributed by atoms with Crippen LogP contribution in [0.3, 0.4) is 0 Å². The van der Waals surface area contributed by atoms with E-state index in [1.165, 1.54) is 6.26 Å². The average Bonchev–Trinajstić information content (AvgIpc) is 2.48. The van der Waals surface area contributed by atoms with Gasteiger partial charge in [-0.25, -0.2) is 9.00 Å². The fourth-order valence-electron chi connectivity index (χ4n) is 1.62. The summed E-state index contributed by atoms with van der Waals surface area (Å²) in [5.74, 6) is 0.378. The van der Waals surface area contributed by atoms with Crippen molar-refractivity contribution in [3.05, 3.63) is 60.7 Å². The molecule has 0 unspecified atom stereocenters. The molecule has 2 aromatic carbocycles. The third-order valence-electron chi connectivity index (χ3n) is 2.60. The Balaban J connectivity index is 2.05. The van der Waals surface area contributed by atoms with Crippen molar-refractivity contribution in [1.29, 1.82) is 0 Å². The normalized spacial score (nSPS) is 12.8. The number of rotatable bonds is 2. The van der Waals surface area contributed by atoms with Crippen LogP contribution in [0.2, 0.25) is 0 Å². The molecule has 7 heteroatoms. The minimum Gasteiger partial charge on any atom is -0.410 e. The zero-order valence-corrected chi connectivity index (χ0v) is 13.4. The van der Waals surface area contributed by atoms with Crippen LogP contribution in [0.15, 0.2) is 69.9 Å². The number of carbonyl (C=O) groups excluding carboxylic acids is 1. The van der Waals surface area contributed by atoms with E-state index in [4.69, 9.17) is 17.0 Å². The van der Waals surface area contributed by atoms with Crippen LogP contribution in [0.5, 0.6) is 5.75 Å². The lowest BCUT2D eigenvalue weighted by Crippen LogP contribution is -2.31. The molecule has 0 radical (unpaired) electrons. The highest BCUT2D eigenvalue weighted by Crippen LogP contribution is 2.11. The molecule has 114 valence electrons. The number of ether oxygens (including phenoxy) is 1. The molecular weight excluding hydrogens is 320 g/mol. The minimum absolute atomic E-state index is 0.183. The van der Waals surface area contributed by atoms with E-state index in [1.54, 1.807) is 54.6 Å². The predicted molar refractivity (Wildman–Crippen MR) is 89.4 cm³/mol. The number of hydrogen-bond donors (Lipinski definition) is 1. The summed E-state index contributed by atoms with van der Waals surface area (Å²) in [5, 5.41) is 2.10. The van der Waals surface area contributed by atoms with Gasteiger partial charge in [0.1, 0.15) is 5.75 Å². The number of nitrogens with zero attached hydrogens (tertiary/aromatic N) is 1. The van der Waals surface area contributed by atoms with E-state index in [1.807, 2.05) is 6.07 Å². The first-order valence-electron chi connectivity index (χ1n) is 6.32. The van der Waals surface area contributed by atoms with E-state index in [0.717, 1.165) is 0 Å². The Bertz CT molecular complexity index is 783. The molecule has 0 bridgehead atoms. The Morgan fingerprint density at radius 3 is 2.23 bits per heavy atom. The summed E-state index contributed by atoms with van der Waals surface area (Å²) in [6.45, 7) is 0. The Labute approximate surface area is 134 Å². The van der Waals surface area contributed by atoms with Gasteiger partial charge in [0, 0.05) is 11.2 Å². The topological polar surface area (TPSA) is 67.8 Å². The fraction of sp³-hybridized carbons (Fsp3) is 0.0667. The second kappa shape index (κ2) is 7.15. The standard InChI is InChI=1S/C15H14N2O3S2/c1-22(19,13-10-6-3-7-11-13)17-14(21)16-15(18)20-12-8-4-2-5-9-12/h2-11H,1H3,(H,16,18,21)/t22-/m0/s1. The summed E-state index contributed by atoms with van der Waals surface area (Å²) < 4.78 is 21.4. The monoisotopic (exact) mass is 334 g/mol. The Kier molecular flexibility index (Phi) is 5.24. The maximum absolute atomic E-state index is 12.5. The van der Waals surface area contributed by atoms with E-state index < -0.39 is 15.8 Å². The molecule has 0 saturated carbocycles. The second-order valence-corrected chi connectivity index (χ2v) is 6.99. The van der Waals surface area contributed by atoms with Crippen LogP contribution in [0.25, 0.3) is 0 Å². The largest absolute Gasteiger partial charge is 0.418 e. The van der Waals surface area contributed by atoms with Crippen LogP contribution < -0.4 is 10.1 Å². The Hall–Kier alpha value is -2.25. The van der Waals surface area contributed by atoms with Gasteiger partial charge in [0.2, 0.25) is 5.11 Å². The van der Waals surface area contributed by atoms with Crippen molar-refractivity contribution in [2.24, 2.45) is 4.36 Å². The summed E-state index contributed by atoms with van der Waals surface area (Å²) >= 11 is 4.94. The van der Waals surface area contributed by atoms with Gasteiger partial charge in [0.15, 0.2) is 0 Å². The fourth-order valence-corrected chi connectivity index (χ4v) is 3.25. The van der Waals surface area contributed by atoms with Gasteiger partial charge in [-0.2, -0.15) is 4.36 Å². The Morgan fingerprint density at radius 1 is 1.09 bits per heavy atom. The van der Waals surface area contributed by atoms with Gasteiger partial charge < -0.3 is 4.74 Å². The predicted octanol–water partition coefficient (Wildman–Crippen LogP) is 3.22. The van der Waals surface area contributed by atoms with Crippen molar-refractivity contribution in [1.82, 2.24) is 5.32 Å². The molecule has 22 heavy (non-hydrogen) atoms. The van der Waals surface area contributed by atoms with Crippen LogP contribution >= 0.6 is 12.2 Å². The van der Waals surface area contributed by atoms with Crippen molar-refractivity contribution in [2.45, 2.75) is 4.90 Å². The number of carbonyl (C=O) groups is 1. The summed E-state index contributed by atoms with van der Waals surface area (Å²) in [6, 6.07) is 17.2. The molecular formula is C15H14N2O3S2. The molecule has 0 aliphatic heterocycles. The van der Waals surface area contributed by atoms with Gasteiger partial charge in [-0.3, -0.25) is 5.32 Å². The van der Waals surface area contributed by atoms with E-state index in [-0.39, 0.29) is 5.11 Å². The lowest BCUT2D eigenvalue weighted by Gasteiger charge is -2.07. The molecule has 0 aliphatic carbocycles. The number of thiocarbonyl (C=S) groups is 1. The number of benzene rings is 2. The lowest BCUT2D eigenvalue weighted by atomic mass is 10.3. The SMILES string of the molecule is C[S@@](=O)(=NC(=S)NC(=O)Oc1ccccc1)c1ccccc1. The molecule has 0 aromatic heterocycles. The lowest BCUT2D eigenvalue weighted by molar-refractivity contribution is 0.206. The van der Waals surface area contributed by atoms with Crippen LogP contribution in [0.1, 0.15) is 0 Å². The molecule has 0 heterocycles. The molecule has 5 nitrogen and oxygen atoms in total. The van der Waals surface area contributed by atoms with Crippen molar-refractivity contribution in [2.75, 3.05) is 6.26 Å². The third-order valence-corrected chi connectivity index (χ3v) is 4.59. The number of nitrogens with one attached hydrogen (secondary N) is 1. The maximum Gasteiger partial charge on any atom is 0.418 e. The molecule has 1 atom stereocenters. The molecule has 1 amide bonds. The number of para-hydroxylation sites is 1. The van der Waals surface area contributed by atoms with E-state index in [9.17, 15) is 9.00 Å². The van der Waals surface area contributed by atoms with Gasteiger partial charge in [-0.1, -0.05) is 36.4 Å². The summed E-state index contributed by atoms with van der Waals surface area (Å²) in [4.78, 5) is 12.2. The van der Waals surface area contributed by atoms with Gasteiger partial charge in [0.05, 0.1) is 9.73 Å². The highest BCUT2D eigenvalue weighted by atomic mass is 32.2. The number of hydrogen-bond acceptors (Lipinski definition) is 4. The molecule has 1 N–H and O–H groups in total. The van der Waals surface area contributed by atoms with Crippen molar-refractivity contribution < 1.29 is 13.7 Å². The zero-order valence-electron chi connectivity index (χ0n) is 11.8. The molecule has 2 aromatic rings. The highest BCUT2D eigenvalue weighted by Gasteiger charge is 2.10. The van der Waals surface area contributed by atoms with Crippen LogP contribution in [-0.4, -0.2) is 21.7 Å². The molecule has 0 saturated heterocycles. The minimum atomic E-state index is -2.71. The summed E-state index contributed by atoms with van der Waals surface area (Å²) in [7, 11) is -2.71. The number of amides is 1. The van der Waals surface area contributed by atoms with Crippen molar-refractivity contribution in [3.8, 4) is 5.75 Å². The van der Waals surface area contributed by atoms with Gasteiger partial charge in [-0.15, -0.1) is 0 Å². The van der Waals surface area contributed by atoms with Gasteiger partial charge >= 0.3 is 6.09 Å². The Morgan fingerprint density at radius 2 is 1.64 bits per heavy atom. The quantitative estimate of drug-likeness (QED) is 0.856. The maximum atomic E-state index is 12.5. The summed E-state index contributed by atoms with van der Waals surface area (Å²) in [6.07, 6.45) is 0.682. The molecule has 0 spiro atoms. The van der Waals surface area contributed by atoms with Crippen LogP contribution in [0, 0.1) is 0 Å². The summed E-state index contributed by atoms with van der Waals surface area (Å²) in [5.41, 5.74) is 0. The van der Waals surface area contributed by atoms with Crippen molar-refractivity contribution in [3.63, 3.8) is 0 Å². The first-order chi connectivity index (χ1) is 10.5. The highest BCUT2D eigenvalue weighted by molar-refractivity contribution is 7.94. The first kappa shape index (κ1) is 16.1. The van der Waals surface area contributed by atoms with Crippen LogP contribution in [-0.2, 0) is 9.73 Å². The molecule has 0 aliphatic rings. The van der Waals surface area contributed by atoms with Crippen LogP contribution in [0.4, 0.5) is 4.79 Å². The van der Waals surface area contributed by atoms with Gasteiger partial charge in [0.25, 0.3) is 0 Å². The molecule has 0 fully saturated rings.